The molecule has 0 radical (unpaired) electrons. The molecule has 0 aromatic carbocycles. The summed E-state index contributed by atoms with van der Waals surface area (Å²) in [6.45, 7) is 3.05. The fourth-order valence-corrected chi connectivity index (χ4v) is 2.97. The van der Waals surface area contributed by atoms with Crippen LogP contribution in [0, 0.1) is 0 Å². The highest BCUT2D eigenvalue weighted by Crippen LogP contribution is 2.14. The monoisotopic (exact) mass is 358 g/mol. The Morgan fingerprint density at radius 1 is 0.800 bits per heavy atom. The van der Waals surface area contributed by atoms with Crippen molar-refractivity contribution in [3.63, 3.8) is 0 Å². The van der Waals surface area contributed by atoms with Gasteiger partial charge in [-0.25, -0.2) is 0 Å². The number of hydrogen-bond acceptors (Lipinski definition) is 4. The smallest absolute Gasteiger partial charge is 0.305 e. The van der Waals surface area contributed by atoms with Crippen LogP contribution in [0.15, 0.2) is 0 Å². The molecular weight excluding hydrogens is 316 g/mol. The van der Waals surface area contributed by atoms with Crippen LogP contribution in [0.3, 0.4) is 0 Å². The van der Waals surface area contributed by atoms with Gasteiger partial charge in [-0.05, 0) is 19.3 Å². The van der Waals surface area contributed by atoms with Crippen LogP contribution in [-0.4, -0.2) is 37.5 Å². The first kappa shape index (κ1) is 24.4. The van der Waals surface area contributed by atoms with Crippen molar-refractivity contribution in [2.75, 3.05) is 20.3 Å². The van der Waals surface area contributed by atoms with E-state index < -0.39 is 0 Å². The Bertz CT molecular complexity index is 281. The molecule has 4 heteroatoms. The summed E-state index contributed by atoms with van der Waals surface area (Å²) in [6.07, 6.45) is 16.8. The van der Waals surface area contributed by atoms with Gasteiger partial charge < -0.3 is 14.6 Å². The minimum Gasteiger partial charge on any atom is -0.463 e. The minimum absolute atomic E-state index is 0.0829. The summed E-state index contributed by atoms with van der Waals surface area (Å²) < 4.78 is 9.86. The van der Waals surface area contributed by atoms with Gasteiger partial charge in [0.05, 0.1) is 12.7 Å². The van der Waals surface area contributed by atoms with E-state index in [1.54, 1.807) is 7.11 Å². The maximum atomic E-state index is 11.4. The van der Waals surface area contributed by atoms with Gasteiger partial charge in [0.2, 0.25) is 0 Å². The van der Waals surface area contributed by atoms with E-state index in [9.17, 15) is 9.90 Å². The molecule has 0 aromatic rings. The van der Waals surface area contributed by atoms with Crippen molar-refractivity contribution in [3.05, 3.63) is 0 Å². The van der Waals surface area contributed by atoms with Gasteiger partial charge in [0.1, 0.15) is 6.61 Å². The molecule has 0 aromatic heterocycles. The molecule has 0 aliphatic carbocycles. The number of aliphatic hydroxyl groups is 1. The molecule has 0 heterocycles. The Balaban J connectivity index is 3.19. The standard InChI is InChI=1S/C21H42O4/c1-3-4-5-12-15-20(22)16-13-10-8-6-7-9-11-14-17-21(23)25-19-18-24-2/h20,22H,3-19H2,1-2H3. The Labute approximate surface area is 155 Å². The maximum absolute atomic E-state index is 11.4. The van der Waals surface area contributed by atoms with Gasteiger partial charge in [-0.2, -0.15) is 0 Å². The zero-order valence-corrected chi connectivity index (χ0v) is 16.8. The Morgan fingerprint density at radius 3 is 1.88 bits per heavy atom. The molecule has 1 N–H and O–H groups in total. The molecule has 0 aliphatic rings. The molecule has 150 valence electrons. The molecule has 0 bridgehead atoms. The number of ether oxygens (including phenoxy) is 2. The molecule has 0 spiro atoms. The van der Waals surface area contributed by atoms with Crippen LogP contribution >= 0.6 is 0 Å². The second-order valence-electron chi connectivity index (χ2n) is 7.08. The van der Waals surface area contributed by atoms with E-state index in [0.29, 0.717) is 19.6 Å². The van der Waals surface area contributed by atoms with Crippen molar-refractivity contribution < 1.29 is 19.4 Å². The van der Waals surface area contributed by atoms with Gasteiger partial charge in [0.25, 0.3) is 0 Å². The summed E-state index contributed by atoms with van der Waals surface area (Å²) in [5, 5.41) is 9.92. The van der Waals surface area contributed by atoms with Crippen LogP contribution < -0.4 is 0 Å². The van der Waals surface area contributed by atoms with E-state index in [4.69, 9.17) is 9.47 Å². The van der Waals surface area contributed by atoms with Gasteiger partial charge in [-0.1, -0.05) is 77.6 Å². The van der Waals surface area contributed by atoms with Crippen molar-refractivity contribution in [1.29, 1.82) is 0 Å². The molecule has 1 unspecified atom stereocenters. The number of aliphatic hydroxyl groups excluding tert-OH is 1. The third-order valence-corrected chi connectivity index (χ3v) is 4.61. The third-order valence-electron chi connectivity index (χ3n) is 4.61. The number of carbonyl (C=O) groups excluding carboxylic acids is 1. The van der Waals surface area contributed by atoms with Crippen LogP contribution in [0.5, 0.6) is 0 Å². The highest BCUT2D eigenvalue weighted by Gasteiger charge is 2.04. The van der Waals surface area contributed by atoms with E-state index >= 15 is 0 Å². The average Bonchev–Trinajstić information content (AvgIpc) is 2.60. The topological polar surface area (TPSA) is 55.8 Å². The minimum atomic E-state index is -0.106. The summed E-state index contributed by atoms with van der Waals surface area (Å²) >= 11 is 0. The SMILES string of the molecule is CCCCCCC(O)CCCCCCCCCCC(=O)OCCOC. The first-order valence-electron chi connectivity index (χ1n) is 10.5. The zero-order valence-electron chi connectivity index (χ0n) is 16.8. The van der Waals surface area contributed by atoms with Gasteiger partial charge >= 0.3 is 5.97 Å². The van der Waals surface area contributed by atoms with E-state index in [-0.39, 0.29) is 12.1 Å². The van der Waals surface area contributed by atoms with Crippen LogP contribution in [-0.2, 0) is 14.3 Å². The van der Waals surface area contributed by atoms with Gasteiger partial charge in [-0.3, -0.25) is 4.79 Å². The lowest BCUT2D eigenvalue weighted by atomic mass is 10.0. The van der Waals surface area contributed by atoms with Crippen molar-refractivity contribution in [2.45, 2.75) is 109 Å². The maximum Gasteiger partial charge on any atom is 0.305 e. The average molecular weight is 359 g/mol. The molecule has 25 heavy (non-hydrogen) atoms. The fraction of sp³-hybridized carbons (Fsp3) is 0.952. The van der Waals surface area contributed by atoms with Crippen molar-refractivity contribution in [1.82, 2.24) is 0 Å². The number of hydrogen-bond donors (Lipinski definition) is 1. The summed E-state index contributed by atoms with van der Waals surface area (Å²) in [6, 6.07) is 0. The number of esters is 1. The number of rotatable bonds is 19. The second kappa shape index (κ2) is 19.7. The van der Waals surface area contributed by atoms with Gasteiger partial charge in [0.15, 0.2) is 0 Å². The molecule has 0 saturated heterocycles. The zero-order chi connectivity index (χ0) is 18.6. The summed E-state index contributed by atoms with van der Waals surface area (Å²) in [5.74, 6) is -0.106. The summed E-state index contributed by atoms with van der Waals surface area (Å²) in [5.41, 5.74) is 0. The predicted molar refractivity (Wildman–Crippen MR) is 104 cm³/mol. The molecular formula is C21H42O4. The fourth-order valence-electron chi connectivity index (χ4n) is 2.97. The number of unbranched alkanes of at least 4 members (excludes halogenated alkanes) is 10. The van der Waals surface area contributed by atoms with Gasteiger partial charge in [0, 0.05) is 13.5 Å². The van der Waals surface area contributed by atoms with Crippen LogP contribution in [0.25, 0.3) is 0 Å². The van der Waals surface area contributed by atoms with Crippen molar-refractivity contribution in [3.8, 4) is 0 Å². The highest BCUT2D eigenvalue weighted by atomic mass is 16.6. The first-order valence-corrected chi connectivity index (χ1v) is 10.5. The van der Waals surface area contributed by atoms with E-state index in [1.807, 2.05) is 0 Å². The first-order chi connectivity index (χ1) is 12.2. The van der Waals surface area contributed by atoms with E-state index in [2.05, 4.69) is 6.92 Å². The van der Waals surface area contributed by atoms with E-state index in [0.717, 1.165) is 32.1 Å². The molecule has 0 fully saturated rings. The molecule has 1 atom stereocenters. The van der Waals surface area contributed by atoms with Crippen LogP contribution in [0.4, 0.5) is 0 Å². The second-order valence-corrected chi connectivity index (χ2v) is 7.08. The Kier molecular flexibility index (Phi) is 19.2. The molecule has 4 nitrogen and oxygen atoms in total. The quantitative estimate of drug-likeness (QED) is 0.248. The normalized spacial score (nSPS) is 12.3. The Morgan fingerprint density at radius 2 is 1.32 bits per heavy atom. The number of carbonyl (C=O) groups is 1. The molecule has 0 saturated carbocycles. The number of methoxy groups -OCH3 is 1. The highest BCUT2D eigenvalue weighted by molar-refractivity contribution is 5.69. The van der Waals surface area contributed by atoms with Gasteiger partial charge in [-0.15, -0.1) is 0 Å². The lowest BCUT2D eigenvalue weighted by molar-refractivity contribution is -0.145. The molecule has 0 amide bonds. The third kappa shape index (κ3) is 19.6. The largest absolute Gasteiger partial charge is 0.463 e. The lowest BCUT2D eigenvalue weighted by Gasteiger charge is -2.10. The molecule has 0 aliphatic heterocycles. The van der Waals surface area contributed by atoms with Crippen LogP contribution in [0.2, 0.25) is 0 Å². The van der Waals surface area contributed by atoms with Crippen molar-refractivity contribution in [2.24, 2.45) is 0 Å². The Hall–Kier alpha value is -0.610. The van der Waals surface area contributed by atoms with Crippen LogP contribution in [0.1, 0.15) is 103 Å². The molecule has 0 rings (SSSR count). The summed E-state index contributed by atoms with van der Waals surface area (Å²) in [7, 11) is 1.60. The van der Waals surface area contributed by atoms with Crippen molar-refractivity contribution >= 4 is 5.97 Å². The lowest BCUT2D eigenvalue weighted by Crippen LogP contribution is -2.09. The summed E-state index contributed by atoms with van der Waals surface area (Å²) in [4.78, 5) is 11.4. The van der Waals surface area contributed by atoms with E-state index in [1.165, 1.54) is 57.8 Å². The predicted octanol–water partition coefficient (Wildman–Crippen LogP) is 5.41.